The molecule has 4 heterocycles. The zero-order valence-electron chi connectivity index (χ0n) is 26.1. The fourth-order valence-electron chi connectivity index (χ4n) is 4.75. The number of piperazine rings is 1. The van der Waals surface area contributed by atoms with E-state index in [0.717, 1.165) is 0 Å². The number of fused-ring (bicyclic) bond motifs is 1. The van der Waals surface area contributed by atoms with E-state index in [1.165, 1.54) is 9.47 Å². The zero-order valence-corrected chi connectivity index (χ0v) is 26.8. The molecule has 4 aromatic rings. The van der Waals surface area contributed by atoms with Crippen LogP contribution in [0.25, 0.3) is 22.2 Å². The third kappa shape index (κ3) is 7.27. The number of rotatable bonds is 2. The summed E-state index contributed by atoms with van der Waals surface area (Å²) in [4.78, 5) is 50.6. The molecule has 1 aromatic carbocycles. The van der Waals surface area contributed by atoms with Crippen molar-refractivity contribution in [1.29, 1.82) is 0 Å². The molecule has 3 aromatic heterocycles. The van der Waals surface area contributed by atoms with E-state index in [9.17, 15) is 14.4 Å². The van der Waals surface area contributed by atoms with Crippen molar-refractivity contribution in [3.63, 3.8) is 0 Å². The molecule has 11 heteroatoms. The van der Waals surface area contributed by atoms with Crippen molar-refractivity contribution in [3.8, 4) is 23.0 Å². The Hall–Kier alpha value is -4.88. The molecule has 0 atom stereocenters. The number of amides is 2. The van der Waals surface area contributed by atoms with E-state index in [-0.39, 0.29) is 12.5 Å². The van der Waals surface area contributed by atoms with Crippen LogP contribution in [0.3, 0.4) is 0 Å². The molecule has 1 saturated heterocycles. The van der Waals surface area contributed by atoms with Crippen LogP contribution in [-0.2, 0) is 14.3 Å². The standard InChI is InChI=1S/C34H34ClN5O5/c1-33(2,3)44-31(42)38-15-16-39(27(41)21-38)25-11-7-10-23(17-25)26-19-37-30-28(29(26)35)24(13-12-22-9-8-14-36-18-22)20-40(30)32(43)45-34(4,5)6/h7-11,14,17-20H,15-16,21H2,1-6H3. The van der Waals surface area contributed by atoms with Gasteiger partial charge in [0.05, 0.1) is 16.0 Å². The van der Waals surface area contributed by atoms with Gasteiger partial charge >= 0.3 is 12.2 Å². The fraction of sp³-hybridized carbons (Fsp3) is 0.324. The Morgan fingerprint density at radius 2 is 1.67 bits per heavy atom. The Morgan fingerprint density at radius 1 is 0.933 bits per heavy atom. The largest absolute Gasteiger partial charge is 0.444 e. The topological polar surface area (TPSA) is 107 Å². The summed E-state index contributed by atoms with van der Waals surface area (Å²) in [5, 5.41) is 0.833. The van der Waals surface area contributed by atoms with Crippen LogP contribution in [0.4, 0.5) is 15.3 Å². The summed E-state index contributed by atoms with van der Waals surface area (Å²) in [6.45, 7) is 11.3. The molecular weight excluding hydrogens is 594 g/mol. The molecule has 1 aliphatic rings. The van der Waals surface area contributed by atoms with E-state index in [2.05, 4.69) is 21.8 Å². The average Bonchev–Trinajstić information content (AvgIpc) is 3.35. The smallest absolute Gasteiger partial charge is 0.420 e. The number of halogens is 1. The summed E-state index contributed by atoms with van der Waals surface area (Å²) >= 11 is 7.06. The van der Waals surface area contributed by atoms with Crippen LogP contribution in [0.15, 0.2) is 61.2 Å². The molecule has 0 bridgehead atoms. The van der Waals surface area contributed by atoms with E-state index < -0.39 is 23.4 Å². The number of ether oxygens (including phenoxy) is 2. The molecule has 0 N–H and O–H groups in total. The quantitative estimate of drug-likeness (QED) is 0.233. The number of carbonyl (C=O) groups excluding carboxylic acids is 3. The van der Waals surface area contributed by atoms with Gasteiger partial charge in [-0.05, 0) is 71.4 Å². The van der Waals surface area contributed by atoms with Gasteiger partial charge in [0.15, 0.2) is 5.65 Å². The molecule has 0 saturated carbocycles. The van der Waals surface area contributed by atoms with Crippen molar-refractivity contribution in [3.05, 3.63) is 77.3 Å². The highest BCUT2D eigenvalue weighted by molar-refractivity contribution is 6.38. The number of hydrogen-bond acceptors (Lipinski definition) is 7. The van der Waals surface area contributed by atoms with E-state index in [0.29, 0.717) is 57.1 Å². The molecule has 0 aliphatic carbocycles. The first kappa shape index (κ1) is 31.5. The number of pyridine rings is 2. The lowest BCUT2D eigenvalue weighted by Gasteiger charge is -2.35. The van der Waals surface area contributed by atoms with Crippen molar-refractivity contribution in [2.75, 3.05) is 24.5 Å². The Balaban J connectivity index is 1.51. The third-order valence-electron chi connectivity index (χ3n) is 6.69. The normalized spacial score (nSPS) is 13.8. The highest BCUT2D eigenvalue weighted by Gasteiger charge is 2.31. The van der Waals surface area contributed by atoms with Crippen molar-refractivity contribution in [1.82, 2.24) is 19.4 Å². The molecule has 45 heavy (non-hydrogen) atoms. The maximum Gasteiger partial charge on any atom is 0.420 e. The second kappa shape index (κ2) is 12.3. The van der Waals surface area contributed by atoms with Crippen LogP contribution in [0.2, 0.25) is 5.02 Å². The Bertz CT molecular complexity index is 1840. The van der Waals surface area contributed by atoms with Crippen molar-refractivity contribution >= 4 is 46.4 Å². The second-order valence-corrected chi connectivity index (χ2v) is 12.9. The van der Waals surface area contributed by atoms with Crippen LogP contribution in [0, 0.1) is 11.8 Å². The minimum atomic E-state index is -0.727. The minimum Gasteiger partial charge on any atom is -0.444 e. The molecule has 1 aliphatic heterocycles. The van der Waals surface area contributed by atoms with Gasteiger partial charge in [0.1, 0.15) is 17.7 Å². The van der Waals surface area contributed by atoms with Gasteiger partial charge in [-0.15, -0.1) is 0 Å². The molecule has 0 spiro atoms. The molecule has 0 radical (unpaired) electrons. The van der Waals surface area contributed by atoms with Crippen LogP contribution in [-0.4, -0.2) is 68.4 Å². The number of benzene rings is 1. The third-order valence-corrected chi connectivity index (χ3v) is 7.08. The second-order valence-electron chi connectivity index (χ2n) is 12.6. The SMILES string of the molecule is CC(C)(C)OC(=O)N1CCN(c2cccc(-c3cnc4c(c(C#Cc5cccnc5)cn4C(=O)OC(C)(C)C)c3Cl)c2)C(=O)C1. The van der Waals surface area contributed by atoms with E-state index in [1.807, 2.05) is 30.3 Å². The minimum absolute atomic E-state index is 0.0927. The number of carbonyl (C=O) groups is 3. The highest BCUT2D eigenvalue weighted by atomic mass is 35.5. The van der Waals surface area contributed by atoms with Crippen LogP contribution in [0.5, 0.6) is 0 Å². The van der Waals surface area contributed by atoms with Crippen LogP contribution in [0.1, 0.15) is 52.7 Å². The van der Waals surface area contributed by atoms with E-state index >= 15 is 0 Å². The van der Waals surface area contributed by atoms with Crippen molar-refractivity contribution in [2.24, 2.45) is 0 Å². The van der Waals surface area contributed by atoms with Gasteiger partial charge in [0, 0.05) is 54.7 Å². The summed E-state index contributed by atoms with van der Waals surface area (Å²) in [5.41, 5.74) is 2.07. The lowest BCUT2D eigenvalue weighted by atomic mass is 10.0. The molecule has 2 amide bonds. The lowest BCUT2D eigenvalue weighted by molar-refractivity contribution is -0.121. The summed E-state index contributed by atoms with van der Waals surface area (Å²) in [5.74, 6) is 5.96. The number of hydrogen-bond donors (Lipinski definition) is 0. The van der Waals surface area contributed by atoms with E-state index in [1.54, 1.807) is 77.3 Å². The van der Waals surface area contributed by atoms with Gasteiger partial charge in [0.25, 0.3) is 0 Å². The van der Waals surface area contributed by atoms with Gasteiger partial charge in [0.2, 0.25) is 5.91 Å². The number of nitrogens with zero attached hydrogens (tertiary/aromatic N) is 5. The van der Waals surface area contributed by atoms with Gasteiger partial charge in [-0.1, -0.05) is 35.6 Å². The molecule has 232 valence electrons. The summed E-state index contributed by atoms with van der Waals surface area (Å²) in [6, 6.07) is 11.0. The van der Waals surface area contributed by atoms with Gasteiger partial charge < -0.3 is 14.4 Å². The maximum absolute atomic E-state index is 13.1. The fourth-order valence-corrected chi connectivity index (χ4v) is 5.09. The lowest BCUT2D eigenvalue weighted by Crippen LogP contribution is -2.53. The summed E-state index contributed by atoms with van der Waals surface area (Å²) in [7, 11) is 0. The molecule has 5 rings (SSSR count). The summed E-state index contributed by atoms with van der Waals surface area (Å²) < 4.78 is 12.4. The predicted octanol–water partition coefficient (Wildman–Crippen LogP) is 6.52. The zero-order chi connectivity index (χ0) is 32.5. The van der Waals surface area contributed by atoms with Gasteiger partial charge in [-0.25, -0.2) is 19.1 Å². The summed E-state index contributed by atoms with van der Waals surface area (Å²) in [6.07, 6.45) is 5.34. The Kier molecular flexibility index (Phi) is 8.59. The Labute approximate surface area is 266 Å². The van der Waals surface area contributed by atoms with Crippen molar-refractivity contribution in [2.45, 2.75) is 52.7 Å². The van der Waals surface area contributed by atoms with Crippen LogP contribution >= 0.6 is 11.6 Å². The maximum atomic E-state index is 13.1. The molecule has 0 unspecified atom stereocenters. The first-order chi connectivity index (χ1) is 21.2. The first-order valence-electron chi connectivity index (χ1n) is 14.4. The van der Waals surface area contributed by atoms with Gasteiger partial charge in [-0.3, -0.25) is 14.7 Å². The molecule has 1 fully saturated rings. The predicted molar refractivity (Wildman–Crippen MR) is 172 cm³/mol. The molecular formula is C34H34ClN5O5. The molecule has 10 nitrogen and oxygen atoms in total. The number of aromatic nitrogens is 3. The monoisotopic (exact) mass is 627 g/mol. The average molecular weight is 628 g/mol. The van der Waals surface area contributed by atoms with Crippen LogP contribution < -0.4 is 4.90 Å². The number of anilines is 1. The van der Waals surface area contributed by atoms with Crippen molar-refractivity contribution < 1.29 is 23.9 Å². The first-order valence-corrected chi connectivity index (χ1v) is 14.8. The van der Waals surface area contributed by atoms with E-state index in [4.69, 9.17) is 21.1 Å². The highest BCUT2D eigenvalue weighted by Crippen LogP contribution is 2.37. The van der Waals surface area contributed by atoms with Gasteiger partial charge in [-0.2, -0.15) is 0 Å². The Morgan fingerprint density at radius 3 is 2.33 bits per heavy atom.